The van der Waals surface area contributed by atoms with Crippen molar-refractivity contribution in [3.63, 3.8) is 0 Å². The molecule has 0 bridgehead atoms. The van der Waals surface area contributed by atoms with Gasteiger partial charge in [-0.1, -0.05) is 35.9 Å². The first kappa shape index (κ1) is 21.4. The molecule has 2 heterocycles. The van der Waals surface area contributed by atoms with Gasteiger partial charge in [0.1, 0.15) is 5.75 Å². The smallest absolute Gasteiger partial charge is 0.228 e. The van der Waals surface area contributed by atoms with Crippen LogP contribution >= 0.6 is 0 Å². The third-order valence-corrected chi connectivity index (χ3v) is 6.77. The van der Waals surface area contributed by atoms with E-state index in [1.165, 1.54) is 6.42 Å². The van der Waals surface area contributed by atoms with Crippen LogP contribution in [0.15, 0.2) is 48.5 Å². The molecule has 0 aromatic heterocycles. The lowest BCUT2D eigenvalue weighted by Gasteiger charge is -2.44. The second-order valence-electron chi connectivity index (χ2n) is 8.81. The second kappa shape index (κ2) is 9.13. The van der Waals surface area contributed by atoms with Crippen LogP contribution in [-0.4, -0.2) is 36.4 Å². The number of carbonyl (C=O) groups is 2. The zero-order chi connectivity index (χ0) is 22.0. The quantitative estimate of drug-likeness (QED) is 0.708. The van der Waals surface area contributed by atoms with Crippen molar-refractivity contribution in [1.29, 1.82) is 0 Å². The minimum atomic E-state index is -0.387. The lowest BCUT2D eigenvalue weighted by atomic mass is 9.81. The fourth-order valence-electron chi connectivity index (χ4n) is 5.07. The van der Waals surface area contributed by atoms with Gasteiger partial charge in [0.05, 0.1) is 19.1 Å². The number of aryl methyl sites for hydroxylation is 1. The Balaban J connectivity index is 1.80. The Morgan fingerprint density at radius 3 is 2.48 bits per heavy atom. The Hall–Kier alpha value is -2.82. The van der Waals surface area contributed by atoms with Gasteiger partial charge in [-0.25, -0.2) is 0 Å². The molecule has 2 fully saturated rings. The highest BCUT2D eigenvalue weighted by atomic mass is 16.5. The molecule has 0 spiro atoms. The highest BCUT2D eigenvalue weighted by molar-refractivity contribution is 5.97. The summed E-state index contributed by atoms with van der Waals surface area (Å²) in [6, 6.07) is 15.6. The molecular weight excluding hydrogens is 388 g/mol. The zero-order valence-corrected chi connectivity index (χ0v) is 18.7. The summed E-state index contributed by atoms with van der Waals surface area (Å²) >= 11 is 0. The molecular formula is C26H32N2O3. The lowest BCUT2D eigenvalue weighted by Crippen LogP contribution is -2.52. The van der Waals surface area contributed by atoms with Crippen molar-refractivity contribution in [2.75, 3.05) is 18.6 Å². The van der Waals surface area contributed by atoms with Crippen molar-refractivity contribution in [2.45, 2.75) is 58.0 Å². The maximum absolute atomic E-state index is 13.8. The number of amides is 2. The van der Waals surface area contributed by atoms with Gasteiger partial charge in [-0.3, -0.25) is 9.59 Å². The number of hydrogen-bond donors (Lipinski definition) is 0. The highest BCUT2D eigenvalue weighted by Crippen LogP contribution is 2.44. The van der Waals surface area contributed by atoms with E-state index in [2.05, 4.69) is 6.92 Å². The van der Waals surface area contributed by atoms with Crippen molar-refractivity contribution < 1.29 is 14.3 Å². The van der Waals surface area contributed by atoms with E-state index >= 15 is 0 Å². The predicted octanol–water partition coefficient (Wildman–Crippen LogP) is 4.89. The normalized spacial score (nSPS) is 24.2. The Kier molecular flexibility index (Phi) is 6.30. The molecule has 2 aromatic carbocycles. The van der Waals surface area contributed by atoms with Gasteiger partial charge >= 0.3 is 0 Å². The molecule has 0 radical (unpaired) electrons. The number of piperidine rings is 2. The van der Waals surface area contributed by atoms with Crippen LogP contribution in [0.2, 0.25) is 0 Å². The summed E-state index contributed by atoms with van der Waals surface area (Å²) < 4.78 is 5.67. The van der Waals surface area contributed by atoms with Crippen LogP contribution in [0, 0.1) is 12.8 Å². The number of ether oxygens (including phenoxy) is 1. The second-order valence-corrected chi connectivity index (χ2v) is 8.81. The molecule has 31 heavy (non-hydrogen) atoms. The first-order valence-electron chi connectivity index (χ1n) is 11.3. The zero-order valence-electron chi connectivity index (χ0n) is 18.7. The maximum Gasteiger partial charge on any atom is 0.228 e. The number of benzene rings is 2. The maximum atomic E-state index is 13.8. The van der Waals surface area contributed by atoms with E-state index in [1.807, 2.05) is 65.3 Å². The third kappa shape index (κ3) is 4.18. The molecule has 4 rings (SSSR count). The third-order valence-electron chi connectivity index (χ3n) is 6.77. The molecule has 0 N–H and O–H groups in total. The number of likely N-dealkylation sites (tertiary alicyclic amines) is 1. The molecule has 5 nitrogen and oxygen atoms in total. The van der Waals surface area contributed by atoms with Crippen LogP contribution in [0.25, 0.3) is 0 Å². The molecule has 164 valence electrons. The topological polar surface area (TPSA) is 49.9 Å². The Bertz CT molecular complexity index is 940. The fourth-order valence-corrected chi connectivity index (χ4v) is 5.07. The minimum Gasteiger partial charge on any atom is -0.496 e. The van der Waals surface area contributed by atoms with Gasteiger partial charge in [-0.15, -0.1) is 0 Å². The van der Waals surface area contributed by atoms with Gasteiger partial charge in [0.2, 0.25) is 11.8 Å². The van der Waals surface area contributed by atoms with Crippen LogP contribution in [-0.2, 0) is 9.59 Å². The average Bonchev–Trinajstić information content (AvgIpc) is 2.79. The lowest BCUT2D eigenvalue weighted by molar-refractivity contribution is -0.141. The Labute approximate surface area is 185 Å². The minimum absolute atomic E-state index is 0.0514. The molecule has 2 aromatic rings. The molecule has 2 amide bonds. The molecule has 0 aliphatic carbocycles. The average molecular weight is 421 g/mol. The number of hydrogen-bond acceptors (Lipinski definition) is 3. The van der Waals surface area contributed by atoms with E-state index in [9.17, 15) is 9.59 Å². The Morgan fingerprint density at radius 2 is 1.77 bits per heavy atom. The number of carbonyl (C=O) groups excluding carboxylic acids is 2. The monoisotopic (exact) mass is 420 g/mol. The van der Waals surface area contributed by atoms with Crippen molar-refractivity contribution >= 4 is 17.5 Å². The van der Waals surface area contributed by atoms with Crippen LogP contribution in [0.3, 0.4) is 0 Å². The Morgan fingerprint density at radius 1 is 1.03 bits per heavy atom. The number of anilines is 1. The first-order valence-corrected chi connectivity index (χ1v) is 11.3. The molecule has 3 atom stereocenters. The van der Waals surface area contributed by atoms with Gasteiger partial charge in [0.15, 0.2) is 0 Å². The molecule has 2 aliphatic heterocycles. The van der Waals surface area contributed by atoms with E-state index < -0.39 is 0 Å². The molecule has 2 aliphatic rings. The van der Waals surface area contributed by atoms with Crippen LogP contribution in [0.5, 0.6) is 5.75 Å². The van der Waals surface area contributed by atoms with Gasteiger partial charge in [-0.05, 0) is 57.7 Å². The molecule has 0 saturated carbocycles. The molecule has 2 saturated heterocycles. The van der Waals surface area contributed by atoms with Crippen LogP contribution in [0.1, 0.15) is 56.2 Å². The number of rotatable bonds is 4. The summed E-state index contributed by atoms with van der Waals surface area (Å²) in [4.78, 5) is 30.9. The summed E-state index contributed by atoms with van der Waals surface area (Å²) in [6.07, 6.45) is 4.19. The van der Waals surface area contributed by atoms with Crippen LogP contribution < -0.4 is 9.64 Å². The molecule has 3 unspecified atom stereocenters. The van der Waals surface area contributed by atoms with E-state index in [0.717, 1.165) is 36.2 Å². The standard InChI is InChI=1S/C26H32N2O3/c1-18-11-13-20(14-12-18)28-24(29)16-15-22(26(30)27-17-7-6-8-19(27)2)25(28)21-9-4-5-10-23(21)31-3/h4-5,9-14,19,22,25H,6-8,15-17H2,1-3H3. The largest absolute Gasteiger partial charge is 0.496 e. The summed E-state index contributed by atoms with van der Waals surface area (Å²) in [7, 11) is 1.64. The number of para-hydroxylation sites is 1. The van der Waals surface area contributed by atoms with E-state index in [0.29, 0.717) is 18.6 Å². The fraction of sp³-hybridized carbons (Fsp3) is 0.462. The first-order chi connectivity index (χ1) is 15.0. The summed E-state index contributed by atoms with van der Waals surface area (Å²) in [5.74, 6) is 0.628. The van der Waals surface area contributed by atoms with E-state index in [1.54, 1.807) is 7.11 Å². The number of nitrogens with zero attached hydrogens (tertiary/aromatic N) is 2. The summed E-state index contributed by atoms with van der Waals surface area (Å²) in [6.45, 7) is 4.97. The van der Waals surface area contributed by atoms with Crippen molar-refractivity contribution in [3.05, 3.63) is 59.7 Å². The summed E-state index contributed by atoms with van der Waals surface area (Å²) in [5.41, 5.74) is 2.86. The van der Waals surface area contributed by atoms with Crippen molar-refractivity contribution in [2.24, 2.45) is 5.92 Å². The molecule has 5 heteroatoms. The van der Waals surface area contributed by atoms with Crippen molar-refractivity contribution in [3.8, 4) is 5.75 Å². The predicted molar refractivity (Wildman–Crippen MR) is 122 cm³/mol. The van der Waals surface area contributed by atoms with Gasteiger partial charge in [-0.2, -0.15) is 0 Å². The van der Waals surface area contributed by atoms with Gasteiger partial charge in [0, 0.05) is 30.3 Å². The van der Waals surface area contributed by atoms with E-state index in [-0.39, 0.29) is 29.8 Å². The summed E-state index contributed by atoms with van der Waals surface area (Å²) in [5, 5.41) is 0. The highest BCUT2D eigenvalue weighted by Gasteiger charge is 2.44. The van der Waals surface area contributed by atoms with Gasteiger partial charge in [0.25, 0.3) is 0 Å². The number of methoxy groups -OCH3 is 1. The van der Waals surface area contributed by atoms with Gasteiger partial charge < -0.3 is 14.5 Å². The van der Waals surface area contributed by atoms with E-state index in [4.69, 9.17) is 4.74 Å². The van der Waals surface area contributed by atoms with Crippen LogP contribution in [0.4, 0.5) is 5.69 Å². The SMILES string of the molecule is COc1ccccc1C1C(C(=O)N2CCCCC2C)CCC(=O)N1c1ccc(C)cc1. The van der Waals surface area contributed by atoms with Crippen molar-refractivity contribution in [1.82, 2.24) is 4.90 Å².